The zero-order chi connectivity index (χ0) is 22.1. The van der Waals surface area contributed by atoms with Crippen LogP contribution < -0.4 is 10.9 Å². The highest BCUT2D eigenvalue weighted by Gasteiger charge is 2.18. The van der Waals surface area contributed by atoms with Crippen molar-refractivity contribution < 1.29 is 9.18 Å². The third-order valence-electron chi connectivity index (χ3n) is 4.97. The van der Waals surface area contributed by atoms with Gasteiger partial charge in [0, 0.05) is 16.6 Å². The van der Waals surface area contributed by atoms with Crippen molar-refractivity contribution in [2.75, 3.05) is 11.1 Å². The molecule has 5 rings (SSSR count). The molecular weight excluding hydrogens is 427 g/mol. The number of carbonyl (C=O) groups is 1. The van der Waals surface area contributed by atoms with Gasteiger partial charge in [0.15, 0.2) is 5.16 Å². The Balaban J connectivity index is 1.58. The molecule has 0 bridgehead atoms. The third kappa shape index (κ3) is 3.76. The molecule has 0 aliphatic heterocycles. The number of aromatic nitrogens is 3. The van der Waals surface area contributed by atoms with Gasteiger partial charge in [-0.2, -0.15) is 0 Å². The van der Waals surface area contributed by atoms with E-state index in [1.807, 2.05) is 42.5 Å². The quantitative estimate of drug-likeness (QED) is 0.303. The summed E-state index contributed by atoms with van der Waals surface area (Å²) >= 11 is 1.15. The summed E-state index contributed by atoms with van der Waals surface area (Å²) in [6.45, 7) is 0. The van der Waals surface area contributed by atoms with Crippen molar-refractivity contribution in [1.82, 2.24) is 14.5 Å². The number of para-hydroxylation sites is 2. The monoisotopic (exact) mass is 444 g/mol. The predicted octanol–water partition coefficient (Wildman–Crippen LogP) is 4.74. The minimum absolute atomic E-state index is 0.0520. The number of benzene rings is 3. The van der Waals surface area contributed by atoms with Gasteiger partial charge in [0.05, 0.1) is 11.4 Å². The molecule has 2 N–H and O–H groups in total. The molecule has 0 spiro atoms. The number of halogens is 1. The van der Waals surface area contributed by atoms with Crippen molar-refractivity contribution >= 4 is 45.3 Å². The van der Waals surface area contributed by atoms with Crippen LogP contribution in [0, 0.1) is 5.82 Å². The SMILES string of the molecule is O=C(CSc1nc2c([nH]c3ccccc32)c(=O)n1-c1ccc(F)cc1)Nc1ccccc1. The lowest BCUT2D eigenvalue weighted by molar-refractivity contribution is -0.113. The highest BCUT2D eigenvalue weighted by molar-refractivity contribution is 7.99. The molecule has 0 aliphatic carbocycles. The number of hydrogen-bond acceptors (Lipinski definition) is 4. The van der Waals surface area contributed by atoms with Gasteiger partial charge in [-0.1, -0.05) is 48.2 Å². The van der Waals surface area contributed by atoms with E-state index in [4.69, 9.17) is 4.98 Å². The van der Waals surface area contributed by atoms with Gasteiger partial charge in [0.2, 0.25) is 5.91 Å². The van der Waals surface area contributed by atoms with Crippen molar-refractivity contribution in [1.29, 1.82) is 0 Å². The standard InChI is InChI=1S/C24H17FN4O2S/c25-15-10-12-17(13-11-15)29-23(31)22-21(18-8-4-5-9-19(18)27-22)28-24(29)32-14-20(30)26-16-6-2-1-3-7-16/h1-13,27H,14H2,(H,26,30). The van der Waals surface area contributed by atoms with Gasteiger partial charge in [-0.15, -0.1) is 0 Å². The molecule has 6 nitrogen and oxygen atoms in total. The van der Waals surface area contributed by atoms with Crippen molar-refractivity contribution in [2.45, 2.75) is 5.16 Å². The Kier molecular flexibility index (Phi) is 5.20. The summed E-state index contributed by atoms with van der Waals surface area (Å²) in [7, 11) is 0. The van der Waals surface area contributed by atoms with Crippen LogP contribution in [0.2, 0.25) is 0 Å². The minimum Gasteiger partial charge on any atom is -0.349 e. The molecule has 1 amide bonds. The zero-order valence-electron chi connectivity index (χ0n) is 16.7. The maximum Gasteiger partial charge on any atom is 0.283 e. The van der Waals surface area contributed by atoms with E-state index in [-0.39, 0.29) is 17.2 Å². The summed E-state index contributed by atoms with van der Waals surface area (Å²) < 4.78 is 14.9. The third-order valence-corrected chi connectivity index (χ3v) is 5.91. The van der Waals surface area contributed by atoms with Gasteiger partial charge in [-0.25, -0.2) is 9.37 Å². The summed E-state index contributed by atoms with van der Waals surface area (Å²) in [5.41, 5.74) is 2.53. The molecular formula is C24H17FN4O2S. The number of carbonyl (C=O) groups excluding carboxylic acids is 1. The van der Waals surface area contributed by atoms with Crippen LogP contribution in [0.5, 0.6) is 0 Å². The van der Waals surface area contributed by atoms with E-state index in [0.717, 1.165) is 22.7 Å². The molecule has 0 saturated carbocycles. The molecule has 3 aromatic carbocycles. The summed E-state index contributed by atoms with van der Waals surface area (Å²) in [6, 6.07) is 22.2. The van der Waals surface area contributed by atoms with Crippen LogP contribution in [0.25, 0.3) is 27.6 Å². The molecule has 5 aromatic rings. The minimum atomic E-state index is -0.405. The maximum absolute atomic E-state index is 13.5. The lowest BCUT2D eigenvalue weighted by Crippen LogP contribution is -2.23. The van der Waals surface area contributed by atoms with Crippen LogP contribution in [-0.4, -0.2) is 26.2 Å². The highest BCUT2D eigenvalue weighted by Crippen LogP contribution is 2.26. The molecule has 2 aromatic heterocycles. The molecule has 0 aliphatic rings. The number of H-pyrrole nitrogens is 1. The lowest BCUT2D eigenvalue weighted by atomic mass is 10.2. The van der Waals surface area contributed by atoms with Crippen molar-refractivity contribution in [2.24, 2.45) is 0 Å². The Morgan fingerprint density at radius 3 is 2.50 bits per heavy atom. The molecule has 2 heterocycles. The second-order valence-corrected chi connectivity index (χ2v) is 8.05. The normalized spacial score (nSPS) is 11.2. The molecule has 0 fully saturated rings. The first kappa shape index (κ1) is 20.0. The maximum atomic E-state index is 13.5. The Hall–Kier alpha value is -3.91. The number of thioether (sulfide) groups is 1. The number of fused-ring (bicyclic) bond motifs is 3. The summed E-state index contributed by atoms with van der Waals surface area (Å²) in [5.74, 6) is -0.575. The van der Waals surface area contributed by atoms with Crippen molar-refractivity contribution in [3.63, 3.8) is 0 Å². The first-order valence-electron chi connectivity index (χ1n) is 9.87. The smallest absolute Gasteiger partial charge is 0.283 e. The zero-order valence-corrected chi connectivity index (χ0v) is 17.5. The summed E-state index contributed by atoms with van der Waals surface area (Å²) in [6.07, 6.45) is 0. The largest absolute Gasteiger partial charge is 0.349 e. The summed E-state index contributed by atoms with van der Waals surface area (Å²) in [5, 5.41) is 3.99. The molecule has 32 heavy (non-hydrogen) atoms. The first-order chi connectivity index (χ1) is 15.6. The number of aromatic amines is 1. The van der Waals surface area contributed by atoms with E-state index >= 15 is 0 Å². The fourth-order valence-electron chi connectivity index (χ4n) is 3.51. The van der Waals surface area contributed by atoms with Crippen LogP contribution in [0.15, 0.2) is 88.8 Å². The molecule has 0 unspecified atom stereocenters. The molecule has 0 saturated heterocycles. The Labute approximate surface area is 186 Å². The van der Waals surface area contributed by atoms with Gasteiger partial charge < -0.3 is 10.3 Å². The van der Waals surface area contributed by atoms with E-state index in [1.54, 1.807) is 12.1 Å². The number of anilines is 1. The Bertz CT molecular complexity index is 1490. The van der Waals surface area contributed by atoms with Gasteiger partial charge in [0.1, 0.15) is 16.9 Å². The fraction of sp³-hybridized carbons (Fsp3) is 0.0417. The van der Waals surface area contributed by atoms with Gasteiger partial charge in [-0.05, 0) is 42.5 Å². The van der Waals surface area contributed by atoms with Crippen LogP contribution >= 0.6 is 11.8 Å². The number of nitrogens with zero attached hydrogens (tertiary/aromatic N) is 2. The molecule has 0 atom stereocenters. The van der Waals surface area contributed by atoms with E-state index < -0.39 is 5.82 Å². The van der Waals surface area contributed by atoms with E-state index in [2.05, 4.69) is 10.3 Å². The van der Waals surface area contributed by atoms with Crippen molar-refractivity contribution in [3.8, 4) is 5.69 Å². The fourth-order valence-corrected chi connectivity index (χ4v) is 4.31. The lowest BCUT2D eigenvalue weighted by Gasteiger charge is -2.12. The molecule has 8 heteroatoms. The van der Waals surface area contributed by atoms with Crippen molar-refractivity contribution in [3.05, 3.63) is 95.0 Å². The average molecular weight is 444 g/mol. The Morgan fingerprint density at radius 2 is 1.72 bits per heavy atom. The number of rotatable bonds is 5. The van der Waals surface area contributed by atoms with E-state index in [9.17, 15) is 14.0 Å². The second-order valence-electron chi connectivity index (χ2n) is 7.11. The van der Waals surface area contributed by atoms with E-state index in [0.29, 0.717) is 27.6 Å². The van der Waals surface area contributed by atoms with Crippen LogP contribution in [0.3, 0.4) is 0 Å². The molecule has 158 valence electrons. The second kappa shape index (κ2) is 8.32. The topological polar surface area (TPSA) is 79.8 Å². The highest BCUT2D eigenvalue weighted by atomic mass is 32.2. The Morgan fingerprint density at radius 1 is 1.00 bits per heavy atom. The van der Waals surface area contributed by atoms with Gasteiger partial charge in [-0.3, -0.25) is 14.2 Å². The molecule has 0 radical (unpaired) electrons. The van der Waals surface area contributed by atoms with Gasteiger partial charge >= 0.3 is 0 Å². The summed E-state index contributed by atoms with van der Waals surface area (Å²) in [4.78, 5) is 33.8. The number of nitrogens with one attached hydrogen (secondary N) is 2. The first-order valence-corrected chi connectivity index (χ1v) is 10.9. The number of hydrogen-bond donors (Lipinski definition) is 2. The predicted molar refractivity (Wildman–Crippen MR) is 125 cm³/mol. The van der Waals surface area contributed by atoms with Crippen LogP contribution in [0.4, 0.5) is 10.1 Å². The van der Waals surface area contributed by atoms with Crippen LogP contribution in [0.1, 0.15) is 0 Å². The van der Waals surface area contributed by atoms with E-state index in [1.165, 1.54) is 28.8 Å². The van der Waals surface area contributed by atoms with Gasteiger partial charge in [0.25, 0.3) is 5.56 Å². The van der Waals surface area contributed by atoms with Crippen LogP contribution in [-0.2, 0) is 4.79 Å². The average Bonchev–Trinajstić information content (AvgIpc) is 3.18. The number of amides is 1.